The second-order valence-electron chi connectivity index (χ2n) is 7.95. The maximum atomic E-state index is 13.5. The van der Waals surface area contributed by atoms with E-state index in [2.05, 4.69) is 0 Å². The van der Waals surface area contributed by atoms with E-state index < -0.39 is 34.2 Å². The average molecular weight is 438 g/mol. The Bertz CT molecular complexity index is 995. The molecule has 4 rings (SSSR count). The fourth-order valence-corrected chi connectivity index (χ4v) is 5.60. The van der Waals surface area contributed by atoms with Crippen molar-refractivity contribution in [3.05, 3.63) is 83.4 Å². The minimum absolute atomic E-state index is 0.253. The first-order valence-electron chi connectivity index (χ1n) is 9.94. The zero-order valence-corrected chi connectivity index (χ0v) is 18.3. The molecule has 2 aliphatic heterocycles. The summed E-state index contributed by atoms with van der Waals surface area (Å²) in [6, 6.07) is 18.1. The van der Waals surface area contributed by atoms with E-state index in [4.69, 9.17) is 9.47 Å². The van der Waals surface area contributed by atoms with Crippen LogP contribution in [0.1, 0.15) is 31.1 Å². The third-order valence-electron chi connectivity index (χ3n) is 5.49. The van der Waals surface area contributed by atoms with E-state index in [-0.39, 0.29) is 11.5 Å². The van der Waals surface area contributed by atoms with Crippen molar-refractivity contribution in [1.29, 1.82) is 0 Å². The molecule has 0 bridgehead atoms. The highest BCUT2D eigenvalue weighted by Crippen LogP contribution is 2.50. The third-order valence-corrected chi connectivity index (χ3v) is 7.02. The molecule has 6 nitrogen and oxygen atoms in total. The maximum Gasteiger partial charge on any atom is 0.336 e. The maximum absolute atomic E-state index is 13.5. The van der Waals surface area contributed by atoms with Gasteiger partial charge in [0.05, 0.1) is 12.7 Å². The molecule has 0 aliphatic carbocycles. The van der Waals surface area contributed by atoms with Gasteiger partial charge >= 0.3 is 11.9 Å². The van der Waals surface area contributed by atoms with E-state index in [0.29, 0.717) is 0 Å². The molecule has 1 saturated heterocycles. The molecule has 2 aromatic rings. The molecule has 2 heterocycles. The molecule has 2 aromatic carbocycles. The van der Waals surface area contributed by atoms with Gasteiger partial charge < -0.3 is 14.4 Å². The van der Waals surface area contributed by atoms with Crippen molar-refractivity contribution in [2.45, 2.75) is 36.1 Å². The molecular weight excluding hydrogens is 414 g/mol. The van der Waals surface area contributed by atoms with Crippen LogP contribution >= 0.6 is 11.8 Å². The standard InChI is InChI=1S/C24H23NO5S/c1-24(2)20(25-18(26)14-17(21(25)31-24)22(27)29-3)23(28)30-19(15-10-6-4-7-11-15)16-12-8-5-9-13-16/h4-14,19-21H,1-3H3/t20-,21+/m0/s1. The van der Waals surface area contributed by atoms with Crippen molar-refractivity contribution in [2.24, 2.45) is 0 Å². The summed E-state index contributed by atoms with van der Waals surface area (Å²) in [5.74, 6) is -1.46. The van der Waals surface area contributed by atoms with E-state index >= 15 is 0 Å². The summed E-state index contributed by atoms with van der Waals surface area (Å²) in [6.07, 6.45) is 0.644. The molecular formula is C24H23NO5S. The number of hydrogen-bond donors (Lipinski definition) is 0. The van der Waals surface area contributed by atoms with Crippen LogP contribution in [0.25, 0.3) is 0 Å². The molecule has 0 aromatic heterocycles. The normalized spacial score (nSPS) is 21.6. The van der Waals surface area contributed by atoms with Gasteiger partial charge in [0.1, 0.15) is 11.4 Å². The summed E-state index contributed by atoms with van der Waals surface area (Å²) in [4.78, 5) is 39.8. The third kappa shape index (κ3) is 3.85. The number of esters is 2. The molecule has 1 fully saturated rings. The highest BCUT2D eigenvalue weighted by Gasteiger charge is 2.58. The molecule has 0 spiro atoms. The van der Waals surface area contributed by atoms with E-state index in [1.54, 1.807) is 0 Å². The summed E-state index contributed by atoms with van der Waals surface area (Å²) in [5, 5.41) is -0.570. The number of thioether (sulfide) groups is 1. The number of carbonyl (C=O) groups is 3. The second kappa shape index (κ2) is 8.23. The zero-order valence-electron chi connectivity index (χ0n) is 17.5. The molecule has 1 amide bonds. The minimum Gasteiger partial charge on any atom is -0.466 e. The Morgan fingerprint density at radius 1 is 1.00 bits per heavy atom. The first-order valence-corrected chi connectivity index (χ1v) is 10.8. The van der Waals surface area contributed by atoms with E-state index in [1.165, 1.54) is 29.8 Å². The quantitative estimate of drug-likeness (QED) is 0.667. The van der Waals surface area contributed by atoms with Gasteiger partial charge in [-0.1, -0.05) is 60.7 Å². The van der Waals surface area contributed by atoms with E-state index in [0.717, 1.165) is 11.1 Å². The van der Waals surface area contributed by atoms with Crippen LogP contribution in [0.3, 0.4) is 0 Å². The smallest absolute Gasteiger partial charge is 0.336 e. The molecule has 0 saturated carbocycles. The molecule has 0 unspecified atom stereocenters. The molecule has 2 aliphatic rings. The van der Waals surface area contributed by atoms with Gasteiger partial charge in [0.2, 0.25) is 5.91 Å². The van der Waals surface area contributed by atoms with Crippen molar-refractivity contribution in [3.63, 3.8) is 0 Å². The van der Waals surface area contributed by atoms with Gasteiger partial charge in [-0.3, -0.25) is 4.79 Å². The number of ether oxygens (including phenoxy) is 2. The van der Waals surface area contributed by atoms with Crippen LogP contribution in [0.2, 0.25) is 0 Å². The Morgan fingerprint density at radius 3 is 2.06 bits per heavy atom. The number of methoxy groups -OCH3 is 1. The lowest BCUT2D eigenvalue weighted by Gasteiger charge is -2.30. The molecule has 0 radical (unpaired) electrons. The summed E-state index contributed by atoms with van der Waals surface area (Å²) >= 11 is 1.38. The number of benzene rings is 2. The zero-order chi connectivity index (χ0) is 22.2. The van der Waals surface area contributed by atoms with E-state index in [1.807, 2.05) is 74.5 Å². The predicted octanol–water partition coefficient (Wildman–Crippen LogP) is 3.48. The molecule has 160 valence electrons. The van der Waals surface area contributed by atoms with Crippen LogP contribution in [-0.2, 0) is 23.9 Å². The van der Waals surface area contributed by atoms with Crippen molar-refractivity contribution in [1.82, 2.24) is 4.90 Å². The Balaban J connectivity index is 1.65. The van der Waals surface area contributed by atoms with Crippen LogP contribution in [0.4, 0.5) is 0 Å². The molecule has 0 N–H and O–H groups in total. The molecule has 7 heteroatoms. The lowest BCUT2D eigenvalue weighted by atomic mass is 9.99. The number of rotatable bonds is 5. The monoisotopic (exact) mass is 437 g/mol. The van der Waals surface area contributed by atoms with Gasteiger partial charge in [-0.25, -0.2) is 9.59 Å². The summed E-state index contributed by atoms with van der Waals surface area (Å²) < 4.78 is 10.2. The van der Waals surface area contributed by atoms with Crippen LogP contribution in [0.15, 0.2) is 72.3 Å². The van der Waals surface area contributed by atoms with Crippen LogP contribution in [0, 0.1) is 0 Å². The van der Waals surface area contributed by atoms with Crippen LogP contribution < -0.4 is 0 Å². The number of fused-ring (bicyclic) bond motifs is 1. The van der Waals surface area contributed by atoms with Gasteiger partial charge in [-0.2, -0.15) is 0 Å². The fourth-order valence-electron chi connectivity index (χ4n) is 4.05. The predicted molar refractivity (Wildman–Crippen MR) is 117 cm³/mol. The van der Waals surface area contributed by atoms with Gasteiger partial charge in [-0.05, 0) is 25.0 Å². The highest BCUT2D eigenvalue weighted by atomic mass is 32.2. The Labute approximate surface area is 185 Å². The fraction of sp³-hybridized carbons (Fsp3) is 0.292. The largest absolute Gasteiger partial charge is 0.466 e. The lowest BCUT2D eigenvalue weighted by Crippen LogP contribution is -2.49. The van der Waals surface area contributed by atoms with Gasteiger partial charge in [0.15, 0.2) is 6.10 Å². The minimum atomic E-state index is -0.844. The topological polar surface area (TPSA) is 72.9 Å². The van der Waals surface area contributed by atoms with Crippen molar-refractivity contribution in [3.8, 4) is 0 Å². The SMILES string of the molecule is COC(=O)C1=CC(=O)N2[C@@H]1SC(C)(C)[C@@H]2C(=O)OC(c1ccccc1)c1ccccc1. The van der Waals surface area contributed by atoms with Crippen molar-refractivity contribution < 1.29 is 23.9 Å². The average Bonchev–Trinajstić information content (AvgIpc) is 3.23. The van der Waals surface area contributed by atoms with Crippen LogP contribution in [0.5, 0.6) is 0 Å². The highest BCUT2D eigenvalue weighted by molar-refractivity contribution is 8.01. The summed E-state index contributed by atoms with van der Waals surface area (Å²) in [7, 11) is 1.27. The van der Waals surface area contributed by atoms with Gasteiger partial charge in [0.25, 0.3) is 0 Å². The Kier molecular flexibility index (Phi) is 5.62. The summed E-state index contributed by atoms with van der Waals surface area (Å²) in [5.41, 5.74) is 1.93. The number of carbonyl (C=O) groups excluding carboxylic acids is 3. The van der Waals surface area contributed by atoms with Crippen molar-refractivity contribution in [2.75, 3.05) is 7.11 Å². The molecule has 2 atom stereocenters. The van der Waals surface area contributed by atoms with Crippen LogP contribution in [-0.4, -0.2) is 46.0 Å². The van der Waals surface area contributed by atoms with Crippen molar-refractivity contribution >= 4 is 29.6 Å². The van der Waals surface area contributed by atoms with Gasteiger partial charge in [0, 0.05) is 10.8 Å². The number of hydrogen-bond acceptors (Lipinski definition) is 6. The van der Waals surface area contributed by atoms with E-state index in [9.17, 15) is 14.4 Å². The Morgan fingerprint density at radius 2 is 1.55 bits per heavy atom. The Hall–Kier alpha value is -3.06. The molecule has 31 heavy (non-hydrogen) atoms. The number of nitrogens with zero attached hydrogens (tertiary/aromatic N) is 1. The first kappa shape index (κ1) is 21.2. The lowest BCUT2D eigenvalue weighted by molar-refractivity contribution is -0.157. The first-order chi connectivity index (χ1) is 14.8. The second-order valence-corrected chi connectivity index (χ2v) is 9.69. The number of amides is 1. The summed E-state index contributed by atoms with van der Waals surface area (Å²) in [6.45, 7) is 3.76. The van der Waals surface area contributed by atoms with Gasteiger partial charge in [-0.15, -0.1) is 11.8 Å².